The molecule has 0 spiro atoms. The summed E-state index contributed by atoms with van der Waals surface area (Å²) in [7, 11) is 1.25. The molecule has 3 amide bonds. The molecule has 182 valence electrons. The zero-order valence-electron chi connectivity index (χ0n) is 20.3. The lowest BCUT2D eigenvalue weighted by Crippen LogP contribution is -2.53. The van der Waals surface area contributed by atoms with Gasteiger partial charge in [-0.2, -0.15) is 0 Å². The standard InChI is InChI=1S/C25H37N3O5/c1-16(17-9-7-6-8-10-17)13-21(29)27-20(15-25(2,3)4)23(31)28-19(24(32)33-5)14-18-11-12-26-22(18)30/h6-10,16,18-20H,11-15H2,1-5H3,(H,26,30)(H,27,29)(H,28,31)/t16-,18+,19+,20+/m1/s1. The van der Waals surface area contributed by atoms with E-state index in [-0.39, 0.29) is 41.9 Å². The lowest BCUT2D eigenvalue weighted by Gasteiger charge is -2.28. The molecule has 1 aliphatic heterocycles. The van der Waals surface area contributed by atoms with Crippen LogP contribution in [0.2, 0.25) is 0 Å². The molecule has 0 aliphatic carbocycles. The van der Waals surface area contributed by atoms with Gasteiger partial charge >= 0.3 is 5.97 Å². The quantitative estimate of drug-likeness (QED) is 0.465. The Balaban J connectivity index is 2.08. The number of benzene rings is 1. The van der Waals surface area contributed by atoms with E-state index in [1.807, 2.05) is 58.0 Å². The highest BCUT2D eigenvalue weighted by molar-refractivity contribution is 5.91. The van der Waals surface area contributed by atoms with Crippen molar-refractivity contribution in [1.82, 2.24) is 16.0 Å². The van der Waals surface area contributed by atoms with E-state index < -0.39 is 24.0 Å². The minimum atomic E-state index is -0.959. The van der Waals surface area contributed by atoms with Gasteiger partial charge in [-0.05, 0) is 36.2 Å². The Labute approximate surface area is 196 Å². The molecule has 3 N–H and O–H groups in total. The maximum Gasteiger partial charge on any atom is 0.328 e. The van der Waals surface area contributed by atoms with Crippen molar-refractivity contribution in [1.29, 1.82) is 0 Å². The van der Waals surface area contributed by atoms with Gasteiger partial charge in [-0.15, -0.1) is 0 Å². The number of esters is 1. The monoisotopic (exact) mass is 459 g/mol. The molecule has 1 aromatic carbocycles. The van der Waals surface area contributed by atoms with Gasteiger partial charge in [0.25, 0.3) is 0 Å². The van der Waals surface area contributed by atoms with E-state index >= 15 is 0 Å². The van der Waals surface area contributed by atoms with E-state index in [2.05, 4.69) is 16.0 Å². The van der Waals surface area contributed by atoms with Crippen molar-refractivity contribution in [3.8, 4) is 0 Å². The molecule has 1 aromatic rings. The molecule has 1 heterocycles. The summed E-state index contributed by atoms with van der Waals surface area (Å²) in [6.45, 7) is 8.45. The largest absolute Gasteiger partial charge is 0.467 e. The van der Waals surface area contributed by atoms with Gasteiger partial charge in [0.2, 0.25) is 17.7 Å². The number of hydrogen-bond acceptors (Lipinski definition) is 5. The van der Waals surface area contributed by atoms with Gasteiger partial charge in [-0.1, -0.05) is 58.0 Å². The van der Waals surface area contributed by atoms with Crippen LogP contribution in [0.4, 0.5) is 0 Å². The van der Waals surface area contributed by atoms with Crippen molar-refractivity contribution in [2.24, 2.45) is 11.3 Å². The molecule has 33 heavy (non-hydrogen) atoms. The maximum atomic E-state index is 13.2. The van der Waals surface area contributed by atoms with E-state index in [0.717, 1.165) is 5.56 Å². The van der Waals surface area contributed by atoms with Gasteiger partial charge in [-0.25, -0.2) is 4.79 Å². The van der Waals surface area contributed by atoms with Crippen LogP contribution < -0.4 is 16.0 Å². The molecule has 8 heteroatoms. The fraction of sp³-hybridized carbons (Fsp3) is 0.600. The van der Waals surface area contributed by atoms with Crippen molar-refractivity contribution < 1.29 is 23.9 Å². The van der Waals surface area contributed by atoms with Crippen LogP contribution in [0.1, 0.15) is 64.9 Å². The normalized spacial score (nSPS) is 18.6. The van der Waals surface area contributed by atoms with Crippen molar-refractivity contribution in [2.75, 3.05) is 13.7 Å². The third-order valence-corrected chi connectivity index (χ3v) is 5.81. The zero-order valence-corrected chi connectivity index (χ0v) is 20.3. The Bertz CT molecular complexity index is 834. The molecule has 0 unspecified atom stereocenters. The summed E-state index contributed by atoms with van der Waals surface area (Å²) < 4.78 is 4.85. The molecule has 0 aromatic heterocycles. The predicted octanol–water partition coefficient (Wildman–Crippen LogP) is 2.29. The highest BCUT2D eigenvalue weighted by atomic mass is 16.5. The smallest absolute Gasteiger partial charge is 0.328 e. The van der Waals surface area contributed by atoms with Crippen LogP contribution in [0, 0.1) is 11.3 Å². The molecule has 1 aliphatic rings. The van der Waals surface area contributed by atoms with Crippen LogP contribution in [0.5, 0.6) is 0 Å². The van der Waals surface area contributed by atoms with Crippen molar-refractivity contribution in [2.45, 2.75) is 71.4 Å². The summed E-state index contributed by atoms with van der Waals surface area (Å²) in [5, 5.41) is 8.31. The first kappa shape index (κ1) is 26.4. The number of ether oxygens (including phenoxy) is 1. The van der Waals surface area contributed by atoms with E-state index in [1.54, 1.807) is 0 Å². The molecular formula is C25H37N3O5. The number of carbonyl (C=O) groups excluding carboxylic acids is 4. The van der Waals surface area contributed by atoms with E-state index in [9.17, 15) is 19.2 Å². The van der Waals surface area contributed by atoms with E-state index in [1.165, 1.54) is 7.11 Å². The summed E-state index contributed by atoms with van der Waals surface area (Å²) in [6, 6.07) is 7.94. The minimum absolute atomic E-state index is 0.00626. The second kappa shape index (κ2) is 11.8. The van der Waals surface area contributed by atoms with Crippen LogP contribution in [0.3, 0.4) is 0 Å². The molecule has 0 radical (unpaired) electrons. The van der Waals surface area contributed by atoms with Crippen molar-refractivity contribution in [3.05, 3.63) is 35.9 Å². The third kappa shape index (κ3) is 8.51. The highest BCUT2D eigenvalue weighted by Crippen LogP contribution is 2.23. The van der Waals surface area contributed by atoms with Crippen LogP contribution in [0.25, 0.3) is 0 Å². The minimum Gasteiger partial charge on any atom is -0.467 e. The maximum absolute atomic E-state index is 13.2. The molecular weight excluding hydrogens is 422 g/mol. The summed E-state index contributed by atoms with van der Waals surface area (Å²) in [4.78, 5) is 50.2. The Kier molecular flexibility index (Phi) is 9.44. The Morgan fingerprint density at radius 2 is 1.79 bits per heavy atom. The Morgan fingerprint density at radius 1 is 1.12 bits per heavy atom. The summed E-state index contributed by atoms with van der Waals surface area (Å²) in [5.74, 6) is -1.81. The molecule has 1 fully saturated rings. The topological polar surface area (TPSA) is 114 Å². The van der Waals surface area contributed by atoms with Crippen LogP contribution in [-0.2, 0) is 23.9 Å². The average molecular weight is 460 g/mol. The lowest BCUT2D eigenvalue weighted by molar-refractivity contribution is -0.146. The Morgan fingerprint density at radius 3 is 2.33 bits per heavy atom. The molecule has 1 saturated heterocycles. The van der Waals surface area contributed by atoms with Gasteiger partial charge in [0.1, 0.15) is 12.1 Å². The zero-order chi connectivity index (χ0) is 24.6. The summed E-state index contributed by atoms with van der Waals surface area (Å²) in [5.41, 5.74) is 0.803. The van der Waals surface area contributed by atoms with Gasteiger partial charge < -0.3 is 20.7 Å². The number of rotatable bonds is 10. The first-order valence-electron chi connectivity index (χ1n) is 11.5. The lowest BCUT2D eigenvalue weighted by atomic mass is 9.87. The van der Waals surface area contributed by atoms with Gasteiger partial charge in [0, 0.05) is 18.9 Å². The molecule has 0 bridgehead atoms. The van der Waals surface area contributed by atoms with Gasteiger partial charge in [-0.3, -0.25) is 14.4 Å². The number of nitrogens with one attached hydrogen (secondary N) is 3. The number of carbonyl (C=O) groups is 4. The number of amides is 3. The number of methoxy groups -OCH3 is 1. The van der Waals surface area contributed by atoms with E-state index in [4.69, 9.17) is 4.74 Å². The van der Waals surface area contributed by atoms with Gasteiger partial charge in [0.15, 0.2) is 0 Å². The SMILES string of the molecule is COC(=O)[C@H](C[C@@H]1CCNC1=O)NC(=O)[C@H](CC(C)(C)C)NC(=O)C[C@@H](C)c1ccccc1. The fourth-order valence-electron chi connectivity index (χ4n) is 4.04. The van der Waals surface area contributed by atoms with Crippen molar-refractivity contribution >= 4 is 23.7 Å². The van der Waals surface area contributed by atoms with Crippen LogP contribution >= 0.6 is 0 Å². The molecule has 2 rings (SSSR count). The van der Waals surface area contributed by atoms with E-state index in [0.29, 0.717) is 19.4 Å². The Hall–Kier alpha value is -2.90. The summed E-state index contributed by atoms with van der Waals surface area (Å²) in [6.07, 6.45) is 1.38. The third-order valence-electron chi connectivity index (χ3n) is 5.81. The molecule has 0 saturated carbocycles. The van der Waals surface area contributed by atoms with Crippen LogP contribution in [0.15, 0.2) is 30.3 Å². The summed E-state index contributed by atoms with van der Waals surface area (Å²) >= 11 is 0. The average Bonchev–Trinajstić information content (AvgIpc) is 3.16. The highest BCUT2D eigenvalue weighted by Gasteiger charge is 2.34. The first-order valence-corrected chi connectivity index (χ1v) is 11.5. The molecule has 4 atom stereocenters. The molecule has 8 nitrogen and oxygen atoms in total. The fourth-order valence-corrected chi connectivity index (χ4v) is 4.04. The van der Waals surface area contributed by atoms with Crippen molar-refractivity contribution in [3.63, 3.8) is 0 Å². The predicted molar refractivity (Wildman–Crippen MR) is 125 cm³/mol. The van der Waals surface area contributed by atoms with Gasteiger partial charge in [0.05, 0.1) is 7.11 Å². The first-order chi connectivity index (χ1) is 15.5. The second-order valence-corrected chi connectivity index (χ2v) is 10.00. The second-order valence-electron chi connectivity index (χ2n) is 10.00. The number of hydrogen-bond donors (Lipinski definition) is 3. The van der Waals surface area contributed by atoms with Crippen LogP contribution in [-0.4, -0.2) is 49.4 Å².